The molecule has 8 heteroatoms. The maximum atomic E-state index is 12.2. The predicted octanol–water partition coefficient (Wildman–Crippen LogP) is 2.65. The molecular weight excluding hydrogens is 396 g/mol. The number of anilines is 1. The Morgan fingerprint density at radius 3 is 2.42 bits per heavy atom. The molecule has 0 fully saturated rings. The number of hydrogen-bond donors (Lipinski definition) is 2. The van der Waals surface area contributed by atoms with Crippen LogP contribution in [0.2, 0.25) is 0 Å². The number of nitrogens with one attached hydrogen (secondary N) is 2. The van der Waals surface area contributed by atoms with Crippen molar-refractivity contribution in [2.75, 3.05) is 18.5 Å². The van der Waals surface area contributed by atoms with Gasteiger partial charge in [-0.25, -0.2) is 9.48 Å². The zero-order valence-electron chi connectivity index (χ0n) is 17.4. The molecule has 2 N–H and O–H groups in total. The van der Waals surface area contributed by atoms with Gasteiger partial charge in [0.2, 0.25) is 5.91 Å². The highest BCUT2D eigenvalue weighted by Gasteiger charge is 2.12. The van der Waals surface area contributed by atoms with Crippen LogP contribution in [0.3, 0.4) is 0 Å². The van der Waals surface area contributed by atoms with Gasteiger partial charge in [-0.15, -0.1) is 0 Å². The fourth-order valence-corrected chi connectivity index (χ4v) is 2.97. The van der Waals surface area contributed by atoms with Crippen molar-refractivity contribution in [2.45, 2.75) is 20.3 Å². The van der Waals surface area contributed by atoms with Crippen molar-refractivity contribution in [3.63, 3.8) is 0 Å². The Labute approximate surface area is 180 Å². The summed E-state index contributed by atoms with van der Waals surface area (Å²) in [6.07, 6.45) is 2.47. The van der Waals surface area contributed by atoms with E-state index in [1.165, 1.54) is 0 Å². The van der Waals surface area contributed by atoms with Crippen molar-refractivity contribution < 1.29 is 19.1 Å². The number of rotatable bonds is 8. The fraction of sp³-hybridized carbons (Fsp3) is 0.217. The molecule has 0 aliphatic carbocycles. The summed E-state index contributed by atoms with van der Waals surface area (Å²) in [5.41, 5.74) is 3.81. The molecule has 2 amide bonds. The highest BCUT2D eigenvalue weighted by atomic mass is 16.5. The van der Waals surface area contributed by atoms with Gasteiger partial charge in [0.05, 0.1) is 17.8 Å². The molecule has 0 radical (unpaired) electrons. The quantitative estimate of drug-likeness (QED) is 0.546. The van der Waals surface area contributed by atoms with E-state index >= 15 is 0 Å². The van der Waals surface area contributed by atoms with Crippen LogP contribution in [0.4, 0.5) is 5.69 Å². The van der Waals surface area contributed by atoms with Crippen molar-refractivity contribution in [3.05, 3.63) is 77.6 Å². The summed E-state index contributed by atoms with van der Waals surface area (Å²) < 4.78 is 6.77. The van der Waals surface area contributed by atoms with E-state index in [1.54, 1.807) is 41.2 Å². The van der Waals surface area contributed by atoms with Gasteiger partial charge in [-0.3, -0.25) is 9.59 Å². The molecule has 8 nitrogen and oxygen atoms in total. The zero-order chi connectivity index (χ0) is 22.2. The molecular formula is C23H24N4O4. The molecule has 0 saturated heterocycles. The Balaban J connectivity index is 1.44. The summed E-state index contributed by atoms with van der Waals surface area (Å²) >= 11 is 0. The first-order chi connectivity index (χ1) is 15.0. The number of para-hydroxylation sites is 1. The molecule has 0 atom stereocenters. The van der Waals surface area contributed by atoms with E-state index in [9.17, 15) is 14.4 Å². The molecule has 31 heavy (non-hydrogen) atoms. The number of carbonyl (C=O) groups is 3. The van der Waals surface area contributed by atoms with Crippen LogP contribution < -0.4 is 10.6 Å². The van der Waals surface area contributed by atoms with Gasteiger partial charge >= 0.3 is 5.97 Å². The van der Waals surface area contributed by atoms with Crippen molar-refractivity contribution in [1.82, 2.24) is 15.1 Å². The van der Waals surface area contributed by atoms with Crippen molar-refractivity contribution in [2.24, 2.45) is 0 Å². The van der Waals surface area contributed by atoms with Crippen LogP contribution in [0.5, 0.6) is 0 Å². The molecule has 3 rings (SSSR count). The molecule has 1 heterocycles. The standard InChI is InChI=1S/C23H24N4O4/c1-3-17-6-4-5-7-20(17)26-21(28)14-24-22(29)15-31-23(30)18-8-10-19(11-9-18)27-16(2)12-13-25-27/h4-13H,3,14-15H2,1-2H3,(H,24,29)(H,26,28). The van der Waals surface area contributed by atoms with Crippen LogP contribution in [-0.2, 0) is 20.7 Å². The number of nitrogens with zero attached hydrogens (tertiary/aromatic N) is 2. The number of carbonyl (C=O) groups excluding carboxylic acids is 3. The lowest BCUT2D eigenvalue weighted by Gasteiger charge is -2.10. The Hall–Kier alpha value is -3.94. The number of hydrogen-bond acceptors (Lipinski definition) is 5. The lowest BCUT2D eigenvalue weighted by Crippen LogP contribution is -2.35. The first kappa shape index (κ1) is 21.8. The van der Waals surface area contributed by atoms with E-state index in [0.29, 0.717) is 11.3 Å². The van der Waals surface area contributed by atoms with E-state index < -0.39 is 18.5 Å². The third-order valence-electron chi connectivity index (χ3n) is 4.63. The number of benzene rings is 2. The fourth-order valence-electron chi connectivity index (χ4n) is 2.97. The summed E-state index contributed by atoms with van der Waals surface area (Å²) in [5.74, 6) is -1.54. The van der Waals surface area contributed by atoms with Crippen LogP contribution in [0.25, 0.3) is 5.69 Å². The predicted molar refractivity (Wildman–Crippen MR) is 116 cm³/mol. The normalized spacial score (nSPS) is 10.4. The van der Waals surface area contributed by atoms with Crippen molar-refractivity contribution in [3.8, 4) is 5.69 Å². The molecule has 160 valence electrons. The van der Waals surface area contributed by atoms with Crippen LogP contribution in [0, 0.1) is 6.92 Å². The first-order valence-corrected chi connectivity index (χ1v) is 9.90. The van der Waals surface area contributed by atoms with Crippen LogP contribution in [0.15, 0.2) is 60.8 Å². The van der Waals surface area contributed by atoms with E-state index in [2.05, 4.69) is 15.7 Å². The van der Waals surface area contributed by atoms with Gasteiger partial charge in [0.1, 0.15) is 0 Å². The first-order valence-electron chi connectivity index (χ1n) is 9.90. The van der Waals surface area contributed by atoms with Gasteiger partial charge in [-0.1, -0.05) is 25.1 Å². The zero-order valence-corrected chi connectivity index (χ0v) is 17.4. The Kier molecular flexibility index (Phi) is 7.16. The molecule has 0 aliphatic rings. The van der Waals surface area contributed by atoms with Gasteiger partial charge in [0.25, 0.3) is 5.91 Å². The molecule has 1 aromatic heterocycles. The van der Waals surface area contributed by atoms with E-state index in [0.717, 1.165) is 23.4 Å². The lowest BCUT2D eigenvalue weighted by molar-refractivity contribution is -0.126. The summed E-state index contributed by atoms with van der Waals surface area (Å²) in [5, 5.41) is 9.41. The second-order valence-electron chi connectivity index (χ2n) is 6.84. The maximum Gasteiger partial charge on any atom is 0.338 e. The topological polar surface area (TPSA) is 102 Å². The molecule has 2 aromatic carbocycles. The third-order valence-corrected chi connectivity index (χ3v) is 4.63. The minimum absolute atomic E-state index is 0.216. The van der Waals surface area contributed by atoms with Crippen LogP contribution >= 0.6 is 0 Å². The molecule has 0 aliphatic heterocycles. The van der Waals surface area contributed by atoms with Crippen molar-refractivity contribution in [1.29, 1.82) is 0 Å². The highest BCUT2D eigenvalue weighted by Crippen LogP contribution is 2.15. The summed E-state index contributed by atoms with van der Waals surface area (Å²) in [4.78, 5) is 36.1. The van der Waals surface area contributed by atoms with Crippen LogP contribution in [0.1, 0.15) is 28.5 Å². The summed E-state index contributed by atoms with van der Waals surface area (Å²) in [6.45, 7) is 3.23. The number of aryl methyl sites for hydroxylation is 2. The third kappa shape index (κ3) is 5.79. The Morgan fingerprint density at radius 2 is 1.74 bits per heavy atom. The molecule has 0 bridgehead atoms. The van der Waals surface area contributed by atoms with Gasteiger partial charge in [0.15, 0.2) is 6.61 Å². The minimum Gasteiger partial charge on any atom is -0.452 e. The van der Waals surface area contributed by atoms with Gasteiger partial charge in [-0.05, 0) is 55.3 Å². The van der Waals surface area contributed by atoms with E-state index in [4.69, 9.17) is 4.74 Å². The van der Waals surface area contributed by atoms with Gasteiger partial charge in [0, 0.05) is 17.6 Å². The van der Waals surface area contributed by atoms with E-state index in [-0.39, 0.29) is 12.5 Å². The average molecular weight is 420 g/mol. The second kappa shape index (κ2) is 10.2. The highest BCUT2D eigenvalue weighted by molar-refractivity contribution is 5.96. The average Bonchev–Trinajstić information content (AvgIpc) is 3.22. The Morgan fingerprint density at radius 1 is 1.00 bits per heavy atom. The number of aromatic nitrogens is 2. The number of esters is 1. The molecule has 0 spiro atoms. The number of ether oxygens (including phenoxy) is 1. The molecule has 3 aromatic rings. The molecule has 0 unspecified atom stereocenters. The van der Waals surface area contributed by atoms with Crippen molar-refractivity contribution >= 4 is 23.5 Å². The van der Waals surface area contributed by atoms with Gasteiger partial charge < -0.3 is 15.4 Å². The lowest BCUT2D eigenvalue weighted by atomic mass is 10.1. The van der Waals surface area contributed by atoms with Gasteiger partial charge in [-0.2, -0.15) is 5.10 Å². The second-order valence-corrected chi connectivity index (χ2v) is 6.84. The SMILES string of the molecule is CCc1ccccc1NC(=O)CNC(=O)COC(=O)c1ccc(-n2nccc2C)cc1. The summed E-state index contributed by atoms with van der Waals surface area (Å²) in [6, 6.07) is 16.0. The summed E-state index contributed by atoms with van der Waals surface area (Å²) in [7, 11) is 0. The molecule has 0 saturated carbocycles. The Bertz CT molecular complexity index is 1070. The minimum atomic E-state index is -0.625. The largest absolute Gasteiger partial charge is 0.452 e. The smallest absolute Gasteiger partial charge is 0.338 e. The monoisotopic (exact) mass is 420 g/mol. The van der Waals surface area contributed by atoms with E-state index in [1.807, 2.05) is 38.1 Å². The maximum absolute atomic E-state index is 12.2. The number of amides is 2. The van der Waals surface area contributed by atoms with Crippen LogP contribution in [-0.4, -0.2) is 40.7 Å².